The first-order chi connectivity index (χ1) is 10.1. The number of hydrogen-bond acceptors (Lipinski definition) is 3. The summed E-state index contributed by atoms with van der Waals surface area (Å²) in [6.45, 7) is 3.99. The van der Waals surface area contributed by atoms with Gasteiger partial charge in [0.1, 0.15) is 0 Å². The third-order valence-electron chi connectivity index (χ3n) is 3.79. The lowest BCUT2D eigenvalue weighted by molar-refractivity contribution is -0.122. The summed E-state index contributed by atoms with van der Waals surface area (Å²) in [7, 11) is 0. The summed E-state index contributed by atoms with van der Waals surface area (Å²) in [5.41, 5.74) is 4.81. The molecule has 21 heavy (non-hydrogen) atoms. The van der Waals surface area contributed by atoms with Crippen LogP contribution in [0.2, 0.25) is 0 Å². The fraction of sp³-hybridized carbons (Fsp3) is 0.294. The molecule has 3 rings (SSSR count). The SMILES string of the molecule is CC(=NNC(=O)[C@H]1C[C@@H]1c1ccccc1)c1ccc(C)s1. The number of aryl methyl sites for hydroxylation is 1. The molecular weight excluding hydrogens is 280 g/mol. The minimum atomic E-state index is 0.0245. The van der Waals surface area contributed by atoms with Gasteiger partial charge in [-0.1, -0.05) is 30.3 Å². The summed E-state index contributed by atoms with van der Waals surface area (Å²) in [6.07, 6.45) is 0.919. The van der Waals surface area contributed by atoms with Crippen LogP contribution in [-0.2, 0) is 4.79 Å². The third kappa shape index (κ3) is 3.22. The maximum atomic E-state index is 12.1. The van der Waals surface area contributed by atoms with Crippen molar-refractivity contribution in [3.8, 4) is 0 Å². The molecule has 1 saturated carbocycles. The van der Waals surface area contributed by atoms with Gasteiger partial charge in [0.2, 0.25) is 5.91 Å². The lowest BCUT2D eigenvalue weighted by Crippen LogP contribution is -2.21. The maximum Gasteiger partial charge on any atom is 0.243 e. The van der Waals surface area contributed by atoms with Gasteiger partial charge in [-0.2, -0.15) is 5.10 Å². The van der Waals surface area contributed by atoms with Crippen molar-refractivity contribution in [2.45, 2.75) is 26.2 Å². The van der Waals surface area contributed by atoms with Gasteiger partial charge < -0.3 is 0 Å². The molecule has 1 aromatic heterocycles. The van der Waals surface area contributed by atoms with Gasteiger partial charge in [-0.15, -0.1) is 11.3 Å². The second kappa shape index (κ2) is 5.82. The molecule has 1 aromatic carbocycles. The number of thiophene rings is 1. The Kier molecular flexibility index (Phi) is 3.88. The monoisotopic (exact) mass is 298 g/mol. The molecule has 2 atom stereocenters. The van der Waals surface area contributed by atoms with Gasteiger partial charge >= 0.3 is 0 Å². The van der Waals surface area contributed by atoms with Gasteiger partial charge in [-0.3, -0.25) is 4.79 Å². The Labute approximate surface area is 128 Å². The fourth-order valence-electron chi connectivity index (χ4n) is 2.46. The van der Waals surface area contributed by atoms with Gasteiger partial charge in [0, 0.05) is 10.8 Å². The molecule has 0 radical (unpaired) electrons. The fourth-order valence-corrected chi connectivity index (χ4v) is 3.27. The number of carbonyl (C=O) groups excluding carboxylic acids is 1. The van der Waals surface area contributed by atoms with Crippen LogP contribution in [0.1, 0.15) is 34.6 Å². The van der Waals surface area contributed by atoms with Crippen LogP contribution >= 0.6 is 11.3 Å². The highest BCUT2D eigenvalue weighted by Crippen LogP contribution is 2.47. The number of benzene rings is 1. The largest absolute Gasteiger partial charge is 0.273 e. The summed E-state index contributed by atoms with van der Waals surface area (Å²) in [4.78, 5) is 14.5. The van der Waals surface area contributed by atoms with Crippen LogP contribution in [0.15, 0.2) is 47.6 Å². The first kappa shape index (κ1) is 14.0. The molecule has 0 saturated heterocycles. The summed E-state index contributed by atoms with van der Waals surface area (Å²) < 4.78 is 0. The van der Waals surface area contributed by atoms with Crippen LogP contribution in [-0.4, -0.2) is 11.6 Å². The number of nitrogens with one attached hydrogen (secondary N) is 1. The molecular formula is C17H18N2OS. The van der Waals surface area contributed by atoms with Crippen LogP contribution in [0.5, 0.6) is 0 Å². The van der Waals surface area contributed by atoms with Gasteiger partial charge in [0.15, 0.2) is 0 Å². The molecule has 0 aliphatic heterocycles. The van der Waals surface area contributed by atoms with E-state index in [2.05, 4.69) is 35.7 Å². The normalized spacial score (nSPS) is 21.1. The Morgan fingerprint density at radius 1 is 1.24 bits per heavy atom. The summed E-state index contributed by atoms with van der Waals surface area (Å²) >= 11 is 1.69. The quantitative estimate of drug-likeness (QED) is 0.678. The van der Waals surface area contributed by atoms with Crippen molar-refractivity contribution in [1.82, 2.24) is 5.43 Å². The minimum absolute atomic E-state index is 0.0245. The van der Waals surface area contributed by atoms with Crippen molar-refractivity contribution >= 4 is 23.0 Å². The van der Waals surface area contributed by atoms with E-state index in [4.69, 9.17) is 0 Å². The standard InChI is InChI=1S/C17H18N2OS/c1-11-8-9-16(21-11)12(2)18-19-17(20)15-10-14(15)13-6-4-3-5-7-13/h3-9,14-15H,10H2,1-2H3,(H,19,20)/t14-,15+/m1/s1. The zero-order chi connectivity index (χ0) is 14.8. The molecule has 1 aliphatic rings. The van der Waals surface area contributed by atoms with E-state index in [9.17, 15) is 4.79 Å². The van der Waals surface area contributed by atoms with E-state index < -0.39 is 0 Å². The third-order valence-corrected chi connectivity index (χ3v) is 4.90. The van der Waals surface area contributed by atoms with E-state index in [0.717, 1.165) is 17.0 Å². The van der Waals surface area contributed by atoms with Gasteiger partial charge in [0.05, 0.1) is 10.6 Å². The number of amides is 1. The molecule has 1 N–H and O–H groups in total. The molecule has 1 aliphatic carbocycles. The highest BCUT2D eigenvalue weighted by molar-refractivity contribution is 7.14. The van der Waals surface area contributed by atoms with Crippen molar-refractivity contribution in [2.24, 2.45) is 11.0 Å². The van der Waals surface area contributed by atoms with E-state index >= 15 is 0 Å². The molecule has 1 heterocycles. The van der Waals surface area contributed by atoms with Crippen molar-refractivity contribution < 1.29 is 4.79 Å². The average molecular weight is 298 g/mol. The van der Waals surface area contributed by atoms with Crippen molar-refractivity contribution in [3.63, 3.8) is 0 Å². The first-order valence-corrected chi connectivity index (χ1v) is 7.92. The van der Waals surface area contributed by atoms with Crippen LogP contribution in [0.4, 0.5) is 0 Å². The molecule has 108 valence electrons. The van der Waals surface area contributed by atoms with E-state index in [1.807, 2.05) is 31.2 Å². The number of hydrogen-bond donors (Lipinski definition) is 1. The summed E-state index contributed by atoms with van der Waals surface area (Å²) in [5, 5.41) is 4.22. The van der Waals surface area contributed by atoms with Crippen LogP contribution < -0.4 is 5.43 Å². The Morgan fingerprint density at radius 3 is 2.67 bits per heavy atom. The number of rotatable bonds is 4. The Bertz CT molecular complexity index is 675. The highest BCUT2D eigenvalue weighted by Gasteiger charge is 2.43. The Morgan fingerprint density at radius 2 is 2.00 bits per heavy atom. The molecule has 2 aromatic rings. The lowest BCUT2D eigenvalue weighted by Gasteiger charge is -2.01. The molecule has 3 nitrogen and oxygen atoms in total. The van der Waals surface area contributed by atoms with Gasteiger partial charge in [-0.05, 0) is 43.9 Å². The van der Waals surface area contributed by atoms with Crippen LogP contribution in [0.25, 0.3) is 0 Å². The lowest BCUT2D eigenvalue weighted by atomic mass is 10.1. The molecule has 0 unspecified atom stereocenters. The second-order valence-corrected chi connectivity index (χ2v) is 6.73. The van der Waals surface area contributed by atoms with Gasteiger partial charge in [-0.25, -0.2) is 5.43 Å². The van der Waals surface area contributed by atoms with Crippen molar-refractivity contribution in [3.05, 3.63) is 57.8 Å². The maximum absolute atomic E-state index is 12.1. The van der Waals surface area contributed by atoms with E-state index in [-0.39, 0.29) is 11.8 Å². The van der Waals surface area contributed by atoms with Gasteiger partial charge in [0.25, 0.3) is 0 Å². The molecule has 4 heteroatoms. The van der Waals surface area contributed by atoms with E-state index in [1.54, 1.807) is 11.3 Å². The zero-order valence-electron chi connectivity index (χ0n) is 12.2. The molecule has 0 bridgehead atoms. The number of carbonyl (C=O) groups is 1. The molecule has 1 fully saturated rings. The number of nitrogens with zero attached hydrogens (tertiary/aromatic N) is 1. The zero-order valence-corrected chi connectivity index (χ0v) is 13.0. The van der Waals surface area contributed by atoms with Crippen molar-refractivity contribution in [1.29, 1.82) is 0 Å². The molecule has 1 amide bonds. The Balaban J connectivity index is 1.58. The first-order valence-electron chi connectivity index (χ1n) is 7.11. The predicted octanol–water partition coefficient (Wildman–Crippen LogP) is 3.70. The number of hydrazone groups is 1. The van der Waals surface area contributed by atoms with E-state index in [1.165, 1.54) is 10.4 Å². The summed E-state index contributed by atoms with van der Waals surface area (Å²) in [5.74, 6) is 0.441. The average Bonchev–Trinajstić information content (AvgIpc) is 3.20. The summed E-state index contributed by atoms with van der Waals surface area (Å²) in [6, 6.07) is 14.3. The smallest absolute Gasteiger partial charge is 0.243 e. The van der Waals surface area contributed by atoms with Crippen LogP contribution in [0.3, 0.4) is 0 Å². The van der Waals surface area contributed by atoms with Crippen molar-refractivity contribution in [2.75, 3.05) is 0 Å². The predicted molar refractivity (Wildman–Crippen MR) is 86.7 cm³/mol. The Hall–Kier alpha value is -1.94. The topological polar surface area (TPSA) is 41.5 Å². The van der Waals surface area contributed by atoms with E-state index in [0.29, 0.717) is 5.92 Å². The highest BCUT2D eigenvalue weighted by atomic mass is 32.1. The minimum Gasteiger partial charge on any atom is -0.273 e. The van der Waals surface area contributed by atoms with Crippen LogP contribution in [0, 0.1) is 12.8 Å². The molecule has 0 spiro atoms. The second-order valence-electron chi connectivity index (χ2n) is 5.44.